The summed E-state index contributed by atoms with van der Waals surface area (Å²) in [5.41, 5.74) is -0.00544. The summed E-state index contributed by atoms with van der Waals surface area (Å²) in [4.78, 5) is 13.1. The highest BCUT2D eigenvalue weighted by atomic mass is 32.2. The summed E-state index contributed by atoms with van der Waals surface area (Å²) in [6, 6.07) is 4.19. The van der Waals surface area contributed by atoms with Crippen LogP contribution in [0.2, 0.25) is 0 Å². The number of rotatable bonds is 3. The molecular weight excluding hydrogens is 244 g/mol. The number of hydrogen-bond donors (Lipinski definition) is 2. The van der Waals surface area contributed by atoms with Crippen molar-refractivity contribution in [3.8, 4) is 5.75 Å². The van der Waals surface area contributed by atoms with Crippen LogP contribution in [0.4, 0.5) is 5.69 Å². The molecule has 1 amide bonds. The van der Waals surface area contributed by atoms with Gasteiger partial charge in [-0.05, 0) is 12.1 Å². The number of anilines is 1. The Morgan fingerprint density at radius 3 is 2.41 bits per heavy atom. The fourth-order valence-electron chi connectivity index (χ4n) is 1.27. The van der Waals surface area contributed by atoms with E-state index in [4.69, 9.17) is 0 Å². The quantitative estimate of drug-likeness (QED) is 0.825. The highest BCUT2D eigenvalue weighted by molar-refractivity contribution is 7.92. The molecule has 0 spiro atoms. The molecule has 0 atom stereocenters. The van der Waals surface area contributed by atoms with Gasteiger partial charge in [0.2, 0.25) is 10.0 Å². The monoisotopic (exact) mass is 258 g/mol. The second-order valence-corrected chi connectivity index (χ2v) is 5.52. The Balaban J connectivity index is 3.32. The van der Waals surface area contributed by atoms with Crippen molar-refractivity contribution in [2.75, 3.05) is 25.1 Å². The summed E-state index contributed by atoms with van der Waals surface area (Å²) in [7, 11) is -0.482. The minimum Gasteiger partial charge on any atom is -0.507 e. The molecule has 0 fully saturated rings. The lowest BCUT2D eigenvalue weighted by molar-refractivity contribution is 0.0825. The number of amides is 1. The van der Waals surface area contributed by atoms with E-state index >= 15 is 0 Å². The Bertz CT molecular complexity index is 537. The van der Waals surface area contributed by atoms with Gasteiger partial charge in [0.05, 0.1) is 11.9 Å². The van der Waals surface area contributed by atoms with Crippen LogP contribution in [-0.2, 0) is 10.0 Å². The molecule has 1 aromatic rings. The Morgan fingerprint density at radius 1 is 1.35 bits per heavy atom. The highest BCUT2D eigenvalue weighted by Crippen LogP contribution is 2.26. The molecule has 0 saturated carbocycles. The van der Waals surface area contributed by atoms with E-state index in [1.807, 2.05) is 0 Å². The molecule has 1 aromatic carbocycles. The molecule has 0 unspecified atom stereocenters. The van der Waals surface area contributed by atoms with Crippen LogP contribution in [0.15, 0.2) is 18.2 Å². The molecule has 0 bridgehead atoms. The van der Waals surface area contributed by atoms with Crippen LogP contribution in [-0.4, -0.2) is 44.7 Å². The maximum atomic E-state index is 11.8. The Morgan fingerprint density at radius 2 is 1.94 bits per heavy atom. The van der Waals surface area contributed by atoms with Gasteiger partial charge < -0.3 is 10.0 Å². The van der Waals surface area contributed by atoms with Crippen molar-refractivity contribution in [3.05, 3.63) is 23.8 Å². The van der Waals surface area contributed by atoms with E-state index in [1.165, 1.54) is 37.2 Å². The van der Waals surface area contributed by atoms with Crippen LogP contribution < -0.4 is 4.72 Å². The Labute approximate surface area is 99.9 Å². The van der Waals surface area contributed by atoms with Gasteiger partial charge in [0.15, 0.2) is 0 Å². The van der Waals surface area contributed by atoms with Gasteiger partial charge in [-0.3, -0.25) is 9.52 Å². The number of aromatic hydroxyl groups is 1. The summed E-state index contributed by atoms with van der Waals surface area (Å²) in [6.45, 7) is 0. The number of carbonyl (C=O) groups is 1. The van der Waals surface area contributed by atoms with E-state index in [1.54, 1.807) is 0 Å². The number of benzene rings is 1. The largest absolute Gasteiger partial charge is 0.507 e. The van der Waals surface area contributed by atoms with Gasteiger partial charge in [-0.2, -0.15) is 0 Å². The zero-order chi connectivity index (χ0) is 13.2. The fraction of sp³-hybridized carbons (Fsp3) is 0.300. The molecule has 6 nitrogen and oxygen atoms in total. The average Bonchev–Trinajstić information content (AvgIpc) is 2.14. The maximum absolute atomic E-state index is 11.8. The van der Waals surface area contributed by atoms with Crippen LogP contribution in [0.3, 0.4) is 0 Å². The van der Waals surface area contributed by atoms with Crippen molar-refractivity contribution < 1.29 is 18.3 Å². The van der Waals surface area contributed by atoms with Crippen molar-refractivity contribution in [3.63, 3.8) is 0 Å². The number of sulfonamides is 1. The van der Waals surface area contributed by atoms with Crippen LogP contribution in [0.5, 0.6) is 5.75 Å². The van der Waals surface area contributed by atoms with E-state index in [2.05, 4.69) is 4.72 Å². The second-order valence-electron chi connectivity index (χ2n) is 3.77. The smallest absolute Gasteiger partial charge is 0.259 e. The lowest BCUT2D eigenvalue weighted by atomic mass is 10.1. The van der Waals surface area contributed by atoms with E-state index in [0.29, 0.717) is 0 Å². The molecule has 1 rings (SSSR count). The third-order valence-corrected chi connectivity index (χ3v) is 2.55. The third kappa shape index (κ3) is 3.35. The van der Waals surface area contributed by atoms with Crippen molar-refractivity contribution >= 4 is 21.6 Å². The summed E-state index contributed by atoms with van der Waals surface area (Å²) < 4.78 is 24.5. The number of hydrogen-bond acceptors (Lipinski definition) is 4. The SMILES string of the molecule is CN(C)C(=O)c1c(O)cccc1NS(C)(=O)=O. The van der Waals surface area contributed by atoms with E-state index < -0.39 is 15.9 Å². The van der Waals surface area contributed by atoms with Crippen LogP contribution in [0.1, 0.15) is 10.4 Å². The summed E-state index contributed by atoms with van der Waals surface area (Å²) in [5, 5.41) is 9.63. The maximum Gasteiger partial charge on any atom is 0.259 e. The lowest BCUT2D eigenvalue weighted by Gasteiger charge is -2.15. The molecule has 0 saturated heterocycles. The predicted octanol–water partition coefficient (Wildman–Crippen LogP) is 0.466. The third-order valence-electron chi connectivity index (χ3n) is 1.96. The van der Waals surface area contributed by atoms with E-state index in [-0.39, 0.29) is 17.0 Å². The molecule has 94 valence electrons. The van der Waals surface area contributed by atoms with Gasteiger partial charge in [0, 0.05) is 14.1 Å². The van der Waals surface area contributed by atoms with E-state index in [0.717, 1.165) is 6.26 Å². The van der Waals surface area contributed by atoms with Crippen LogP contribution >= 0.6 is 0 Å². The number of phenols is 1. The van der Waals surface area contributed by atoms with Crippen LogP contribution in [0.25, 0.3) is 0 Å². The van der Waals surface area contributed by atoms with Crippen molar-refractivity contribution in [2.45, 2.75) is 0 Å². The van der Waals surface area contributed by atoms with Crippen molar-refractivity contribution in [1.29, 1.82) is 0 Å². The van der Waals surface area contributed by atoms with Crippen LogP contribution in [0, 0.1) is 0 Å². The molecule has 0 aliphatic heterocycles. The summed E-state index contributed by atoms with van der Waals surface area (Å²) >= 11 is 0. The minimum atomic E-state index is -3.51. The molecule has 0 heterocycles. The first-order valence-corrected chi connectivity index (χ1v) is 6.63. The number of nitrogens with one attached hydrogen (secondary N) is 1. The zero-order valence-corrected chi connectivity index (χ0v) is 10.6. The summed E-state index contributed by atoms with van der Waals surface area (Å²) in [5.74, 6) is -0.744. The van der Waals surface area contributed by atoms with Gasteiger partial charge in [-0.25, -0.2) is 8.42 Å². The number of phenolic OH excluding ortho intramolecular Hbond substituents is 1. The lowest BCUT2D eigenvalue weighted by Crippen LogP contribution is -2.24. The first-order chi connectivity index (χ1) is 7.72. The first kappa shape index (κ1) is 13.3. The Kier molecular flexibility index (Phi) is 3.62. The van der Waals surface area contributed by atoms with Gasteiger partial charge in [0.1, 0.15) is 11.3 Å². The zero-order valence-electron chi connectivity index (χ0n) is 9.76. The first-order valence-electron chi connectivity index (χ1n) is 4.74. The van der Waals surface area contributed by atoms with Gasteiger partial charge >= 0.3 is 0 Å². The molecule has 2 N–H and O–H groups in total. The van der Waals surface area contributed by atoms with Gasteiger partial charge in [-0.1, -0.05) is 6.07 Å². The van der Waals surface area contributed by atoms with Gasteiger partial charge in [0.25, 0.3) is 5.91 Å². The molecular formula is C10H14N2O4S. The molecule has 0 aliphatic rings. The average molecular weight is 258 g/mol. The highest BCUT2D eigenvalue weighted by Gasteiger charge is 2.19. The topological polar surface area (TPSA) is 86.7 Å². The Hall–Kier alpha value is -1.76. The van der Waals surface area contributed by atoms with Crippen molar-refractivity contribution in [2.24, 2.45) is 0 Å². The molecule has 0 aromatic heterocycles. The molecule has 7 heteroatoms. The molecule has 0 radical (unpaired) electrons. The minimum absolute atomic E-state index is 0.0613. The van der Waals surface area contributed by atoms with Gasteiger partial charge in [-0.15, -0.1) is 0 Å². The fourth-order valence-corrected chi connectivity index (χ4v) is 1.84. The molecule has 0 aliphatic carbocycles. The normalized spacial score (nSPS) is 11.0. The predicted molar refractivity (Wildman–Crippen MR) is 64.6 cm³/mol. The number of nitrogens with zero attached hydrogens (tertiary/aromatic N) is 1. The molecule has 17 heavy (non-hydrogen) atoms. The standard InChI is InChI=1S/C10H14N2O4S/c1-12(2)10(14)9-7(11-17(3,15)16)5-4-6-8(9)13/h4-6,11,13H,1-3H3. The second kappa shape index (κ2) is 4.62. The number of carbonyl (C=O) groups excluding carboxylic acids is 1. The van der Waals surface area contributed by atoms with E-state index in [9.17, 15) is 18.3 Å². The van der Waals surface area contributed by atoms with Crippen molar-refractivity contribution in [1.82, 2.24) is 4.90 Å². The summed E-state index contributed by atoms with van der Waals surface area (Å²) in [6.07, 6.45) is 0.973.